The van der Waals surface area contributed by atoms with E-state index in [1.54, 1.807) is 0 Å². The number of nitrogens with one attached hydrogen (secondary N) is 2. The zero-order valence-corrected chi connectivity index (χ0v) is 12.9. The van der Waals surface area contributed by atoms with Gasteiger partial charge in [-0.05, 0) is 18.2 Å². The van der Waals surface area contributed by atoms with Gasteiger partial charge in [-0.25, -0.2) is 0 Å². The van der Waals surface area contributed by atoms with Crippen molar-refractivity contribution in [3.63, 3.8) is 0 Å². The van der Waals surface area contributed by atoms with Crippen molar-refractivity contribution in [1.29, 1.82) is 0 Å². The fourth-order valence-corrected chi connectivity index (χ4v) is 1.85. The van der Waals surface area contributed by atoms with Crippen LogP contribution < -0.4 is 15.4 Å². The van der Waals surface area contributed by atoms with E-state index in [0.717, 1.165) is 12.1 Å². The molecular formula is C14H18ClF3N2O3. The molecule has 2 rings (SSSR count). The number of halogens is 4. The molecule has 0 bridgehead atoms. The van der Waals surface area contributed by atoms with Crippen LogP contribution in [0.5, 0.6) is 5.75 Å². The Bertz CT molecular complexity index is 524. The Balaban J connectivity index is 0.00000264. The molecule has 1 saturated heterocycles. The van der Waals surface area contributed by atoms with Crippen LogP contribution in [-0.2, 0) is 11.0 Å². The molecule has 1 fully saturated rings. The van der Waals surface area contributed by atoms with E-state index in [0.29, 0.717) is 13.1 Å². The van der Waals surface area contributed by atoms with Gasteiger partial charge in [-0.2, -0.15) is 13.2 Å². The third-order valence-corrected chi connectivity index (χ3v) is 3.27. The normalized spacial score (nSPS) is 16.0. The van der Waals surface area contributed by atoms with Crippen molar-refractivity contribution in [1.82, 2.24) is 10.6 Å². The van der Waals surface area contributed by atoms with Gasteiger partial charge < -0.3 is 20.5 Å². The maximum atomic E-state index is 12.5. The van der Waals surface area contributed by atoms with Gasteiger partial charge in [0.25, 0.3) is 0 Å². The second-order valence-corrected chi connectivity index (χ2v) is 5.09. The number of hydrogen-bond acceptors (Lipinski definition) is 4. The number of amides is 1. The lowest BCUT2D eigenvalue weighted by molar-refractivity contribution is -0.137. The lowest BCUT2D eigenvalue weighted by atomic mass is 10.0. The first-order valence-corrected chi connectivity index (χ1v) is 6.83. The zero-order valence-electron chi connectivity index (χ0n) is 12.1. The highest BCUT2D eigenvalue weighted by molar-refractivity contribution is 5.85. The van der Waals surface area contributed by atoms with Crippen LogP contribution in [0.4, 0.5) is 13.2 Å². The van der Waals surface area contributed by atoms with Crippen LogP contribution >= 0.6 is 12.4 Å². The number of rotatable bonds is 6. The molecule has 5 nitrogen and oxygen atoms in total. The van der Waals surface area contributed by atoms with Crippen molar-refractivity contribution in [3.05, 3.63) is 29.8 Å². The summed E-state index contributed by atoms with van der Waals surface area (Å²) in [6, 6.07) is 4.41. The Morgan fingerprint density at radius 2 is 2.13 bits per heavy atom. The van der Waals surface area contributed by atoms with Gasteiger partial charge >= 0.3 is 6.18 Å². The van der Waals surface area contributed by atoms with E-state index in [9.17, 15) is 23.1 Å². The predicted molar refractivity (Wildman–Crippen MR) is 79.6 cm³/mol. The first kappa shape index (κ1) is 19.5. The van der Waals surface area contributed by atoms with E-state index in [4.69, 9.17) is 4.74 Å². The van der Waals surface area contributed by atoms with Crippen LogP contribution in [0.1, 0.15) is 5.56 Å². The molecule has 130 valence electrons. The molecule has 0 saturated carbocycles. The van der Waals surface area contributed by atoms with E-state index in [1.807, 2.05) is 0 Å². The van der Waals surface area contributed by atoms with E-state index < -0.39 is 17.8 Å². The van der Waals surface area contributed by atoms with E-state index in [-0.39, 0.29) is 43.1 Å². The summed E-state index contributed by atoms with van der Waals surface area (Å²) in [5.74, 6) is -0.225. The largest absolute Gasteiger partial charge is 0.491 e. The molecule has 0 spiro atoms. The maximum Gasteiger partial charge on any atom is 0.416 e. The molecule has 1 aliphatic heterocycles. The SMILES string of the molecule is Cl.O=C(NCC(O)COc1cccc(C(F)(F)F)c1)C1CNC1. The minimum absolute atomic E-state index is 0. The Morgan fingerprint density at radius 1 is 1.43 bits per heavy atom. The molecule has 0 radical (unpaired) electrons. The standard InChI is InChI=1S/C14H17F3N2O3.ClH/c15-14(16,17)10-2-1-3-12(4-10)22-8-11(20)7-19-13(21)9-5-18-6-9;/h1-4,9,11,18,20H,5-8H2,(H,19,21);1H. The van der Waals surface area contributed by atoms with Crippen LogP contribution in [0, 0.1) is 5.92 Å². The summed E-state index contributed by atoms with van der Waals surface area (Å²) in [6.07, 6.45) is -5.44. The number of carbonyl (C=O) groups excluding carboxylic acids is 1. The number of hydrogen-bond donors (Lipinski definition) is 3. The molecule has 23 heavy (non-hydrogen) atoms. The monoisotopic (exact) mass is 354 g/mol. The molecule has 1 heterocycles. The average molecular weight is 355 g/mol. The van der Waals surface area contributed by atoms with Gasteiger partial charge in [0.05, 0.1) is 11.5 Å². The summed E-state index contributed by atoms with van der Waals surface area (Å²) in [4.78, 5) is 11.5. The van der Waals surface area contributed by atoms with E-state index >= 15 is 0 Å². The van der Waals surface area contributed by atoms with Gasteiger partial charge in [-0.1, -0.05) is 6.07 Å². The molecule has 1 aliphatic rings. The molecule has 9 heteroatoms. The molecule has 1 atom stereocenters. The summed E-state index contributed by atoms with van der Waals surface area (Å²) < 4.78 is 42.7. The Labute approximate surface area is 137 Å². The van der Waals surface area contributed by atoms with Crippen LogP contribution in [0.2, 0.25) is 0 Å². The van der Waals surface area contributed by atoms with E-state index in [1.165, 1.54) is 12.1 Å². The number of alkyl halides is 3. The Hall–Kier alpha value is -1.51. The summed E-state index contributed by atoms with van der Waals surface area (Å²) in [6.45, 7) is 1.02. The van der Waals surface area contributed by atoms with Gasteiger partial charge in [0.1, 0.15) is 18.5 Å². The van der Waals surface area contributed by atoms with E-state index in [2.05, 4.69) is 10.6 Å². The van der Waals surface area contributed by atoms with Crippen LogP contribution in [-0.4, -0.2) is 43.4 Å². The van der Waals surface area contributed by atoms with Crippen molar-refractivity contribution in [3.8, 4) is 5.75 Å². The highest BCUT2D eigenvalue weighted by atomic mass is 35.5. The van der Waals surface area contributed by atoms with Crippen molar-refractivity contribution in [2.45, 2.75) is 12.3 Å². The van der Waals surface area contributed by atoms with Crippen molar-refractivity contribution >= 4 is 18.3 Å². The maximum absolute atomic E-state index is 12.5. The minimum atomic E-state index is -4.44. The number of ether oxygens (including phenoxy) is 1. The molecule has 1 aromatic rings. The second-order valence-electron chi connectivity index (χ2n) is 5.09. The van der Waals surface area contributed by atoms with Crippen molar-refractivity contribution in [2.75, 3.05) is 26.2 Å². The topological polar surface area (TPSA) is 70.6 Å². The van der Waals surface area contributed by atoms with Crippen LogP contribution in [0.25, 0.3) is 0 Å². The zero-order chi connectivity index (χ0) is 16.2. The highest BCUT2D eigenvalue weighted by Crippen LogP contribution is 2.31. The Kier molecular flexibility index (Phi) is 7.11. The van der Waals surface area contributed by atoms with Gasteiger partial charge in [0.15, 0.2) is 0 Å². The molecular weight excluding hydrogens is 337 g/mol. The van der Waals surface area contributed by atoms with Gasteiger partial charge in [0, 0.05) is 19.6 Å². The van der Waals surface area contributed by atoms with Crippen LogP contribution in [0.15, 0.2) is 24.3 Å². The third-order valence-electron chi connectivity index (χ3n) is 3.27. The Morgan fingerprint density at radius 3 is 2.70 bits per heavy atom. The van der Waals surface area contributed by atoms with Crippen LogP contribution in [0.3, 0.4) is 0 Å². The quantitative estimate of drug-likeness (QED) is 0.718. The summed E-state index contributed by atoms with van der Waals surface area (Å²) in [5, 5.41) is 15.2. The number of carbonyl (C=O) groups is 1. The van der Waals surface area contributed by atoms with Gasteiger partial charge in [0.2, 0.25) is 5.91 Å². The number of aliphatic hydroxyl groups is 1. The molecule has 1 amide bonds. The smallest absolute Gasteiger partial charge is 0.416 e. The van der Waals surface area contributed by atoms with Gasteiger partial charge in [-0.15, -0.1) is 12.4 Å². The van der Waals surface area contributed by atoms with Crippen molar-refractivity contribution < 1.29 is 27.8 Å². The summed E-state index contributed by atoms with van der Waals surface area (Å²) in [5.41, 5.74) is -0.815. The summed E-state index contributed by atoms with van der Waals surface area (Å²) in [7, 11) is 0. The fraction of sp³-hybridized carbons (Fsp3) is 0.500. The van der Waals surface area contributed by atoms with Crippen molar-refractivity contribution in [2.24, 2.45) is 5.92 Å². The third kappa shape index (κ3) is 5.89. The molecule has 1 unspecified atom stereocenters. The first-order chi connectivity index (χ1) is 10.4. The first-order valence-electron chi connectivity index (χ1n) is 6.83. The number of aliphatic hydroxyl groups excluding tert-OH is 1. The molecule has 0 aromatic heterocycles. The lowest BCUT2D eigenvalue weighted by Crippen LogP contribution is -2.52. The second kappa shape index (κ2) is 8.37. The lowest BCUT2D eigenvalue weighted by Gasteiger charge is -2.26. The fourth-order valence-electron chi connectivity index (χ4n) is 1.85. The predicted octanol–water partition coefficient (Wildman–Crippen LogP) is 1.20. The minimum Gasteiger partial charge on any atom is -0.491 e. The number of benzene rings is 1. The average Bonchev–Trinajstić information content (AvgIpc) is 2.40. The molecule has 3 N–H and O–H groups in total. The highest BCUT2D eigenvalue weighted by Gasteiger charge is 2.30. The van der Waals surface area contributed by atoms with Gasteiger partial charge in [-0.3, -0.25) is 4.79 Å². The molecule has 0 aliphatic carbocycles. The summed E-state index contributed by atoms with van der Waals surface area (Å²) >= 11 is 0. The molecule has 1 aromatic carbocycles.